The molecule has 0 aromatic heterocycles. The lowest BCUT2D eigenvalue weighted by Crippen LogP contribution is -2.49. The topological polar surface area (TPSA) is 41.7 Å². The Morgan fingerprint density at radius 3 is 2.85 bits per heavy atom. The molecule has 1 aromatic carbocycles. The van der Waals surface area contributed by atoms with E-state index < -0.39 is 0 Å². The van der Waals surface area contributed by atoms with E-state index >= 15 is 0 Å². The van der Waals surface area contributed by atoms with Crippen LogP contribution in [-0.2, 0) is 11.3 Å². The van der Waals surface area contributed by atoms with Gasteiger partial charge in [0.25, 0.3) is 0 Å². The maximum absolute atomic E-state index is 6.00. The highest BCUT2D eigenvalue weighted by molar-refractivity contribution is 5.46. The largest absolute Gasteiger partial charge is 0.398 e. The standard InChI is InChI=1S/C16H27N3O/c1-13(2)19-8-9-20-15(12-19)11-18(3)10-14-6-4-5-7-16(14)17/h4-7,13,15H,8-12,17H2,1-3H3. The van der Waals surface area contributed by atoms with Crippen LogP contribution in [0.5, 0.6) is 0 Å². The molecule has 1 aliphatic heterocycles. The first-order valence-corrected chi connectivity index (χ1v) is 7.44. The molecule has 1 aliphatic rings. The summed E-state index contributed by atoms with van der Waals surface area (Å²) in [5, 5.41) is 0. The summed E-state index contributed by atoms with van der Waals surface area (Å²) >= 11 is 0. The highest BCUT2D eigenvalue weighted by atomic mass is 16.5. The lowest BCUT2D eigenvalue weighted by Gasteiger charge is -2.37. The molecule has 2 rings (SSSR count). The molecule has 0 saturated carbocycles. The molecule has 1 unspecified atom stereocenters. The maximum Gasteiger partial charge on any atom is 0.0829 e. The van der Waals surface area contributed by atoms with E-state index in [0.717, 1.165) is 38.5 Å². The maximum atomic E-state index is 6.00. The number of likely N-dealkylation sites (N-methyl/N-ethyl adjacent to an activating group) is 1. The fraction of sp³-hybridized carbons (Fsp3) is 0.625. The van der Waals surface area contributed by atoms with Gasteiger partial charge in [0.15, 0.2) is 0 Å². The zero-order chi connectivity index (χ0) is 14.5. The molecule has 20 heavy (non-hydrogen) atoms. The third-order valence-corrected chi connectivity index (χ3v) is 3.91. The number of hydrogen-bond acceptors (Lipinski definition) is 4. The third kappa shape index (κ3) is 4.20. The number of hydrogen-bond donors (Lipinski definition) is 1. The van der Waals surface area contributed by atoms with Gasteiger partial charge in [-0.15, -0.1) is 0 Å². The minimum absolute atomic E-state index is 0.293. The van der Waals surface area contributed by atoms with Crippen LogP contribution in [-0.4, -0.2) is 55.2 Å². The number of para-hydroxylation sites is 1. The summed E-state index contributed by atoms with van der Waals surface area (Å²) in [5.74, 6) is 0. The predicted octanol–water partition coefficient (Wildman–Crippen LogP) is 1.81. The van der Waals surface area contributed by atoms with Gasteiger partial charge >= 0.3 is 0 Å². The highest BCUT2D eigenvalue weighted by Crippen LogP contribution is 2.14. The molecule has 1 heterocycles. The van der Waals surface area contributed by atoms with Gasteiger partial charge in [0.05, 0.1) is 12.7 Å². The van der Waals surface area contributed by atoms with E-state index in [2.05, 4.69) is 36.8 Å². The first-order chi connectivity index (χ1) is 9.56. The van der Waals surface area contributed by atoms with E-state index in [9.17, 15) is 0 Å². The van der Waals surface area contributed by atoms with Crippen LogP contribution in [0, 0.1) is 0 Å². The Kier molecular flexibility index (Phi) is 5.40. The molecule has 0 spiro atoms. The number of ether oxygens (including phenoxy) is 1. The molecule has 4 nitrogen and oxygen atoms in total. The van der Waals surface area contributed by atoms with Gasteiger partial charge in [-0.25, -0.2) is 0 Å². The second-order valence-electron chi connectivity index (χ2n) is 5.98. The van der Waals surface area contributed by atoms with Crippen LogP contribution < -0.4 is 5.73 Å². The monoisotopic (exact) mass is 277 g/mol. The first kappa shape index (κ1) is 15.3. The van der Waals surface area contributed by atoms with Crippen LogP contribution >= 0.6 is 0 Å². The summed E-state index contributed by atoms with van der Waals surface area (Å²) in [6.07, 6.45) is 0.293. The van der Waals surface area contributed by atoms with Gasteiger partial charge in [-0.2, -0.15) is 0 Å². The molecule has 0 aliphatic carbocycles. The van der Waals surface area contributed by atoms with E-state index in [1.807, 2.05) is 18.2 Å². The van der Waals surface area contributed by atoms with Crippen LogP contribution in [0.2, 0.25) is 0 Å². The summed E-state index contributed by atoms with van der Waals surface area (Å²) in [5.41, 5.74) is 8.05. The molecule has 4 heteroatoms. The average Bonchev–Trinajstić information content (AvgIpc) is 2.41. The number of anilines is 1. The Balaban J connectivity index is 1.85. The number of morpholine rings is 1. The van der Waals surface area contributed by atoms with Crippen molar-refractivity contribution in [1.29, 1.82) is 0 Å². The number of rotatable bonds is 5. The lowest BCUT2D eigenvalue weighted by atomic mass is 10.1. The van der Waals surface area contributed by atoms with E-state index in [1.54, 1.807) is 0 Å². The molecule has 0 amide bonds. The van der Waals surface area contributed by atoms with Crippen molar-refractivity contribution in [2.45, 2.75) is 32.5 Å². The zero-order valence-corrected chi connectivity index (χ0v) is 12.9. The van der Waals surface area contributed by atoms with Crippen LogP contribution in [0.3, 0.4) is 0 Å². The van der Waals surface area contributed by atoms with Crippen molar-refractivity contribution < 1.29 is 4.74 Å². The highest BCUT2D eigenvalue weighted by Gasteiger charge is 2.23. The molecular weight excluding hydrogens is 250 g/mol. The Morgan fingerprint density at radius 1 is 1.40 bits per heavy atom. The number of nitrogens with two attached hydrogens (primary N) is 1. The van der Waals surface area contributed by atoms with E-state index in [-0.39, 0.29) is 0 Å². The molecular formula is C16H27N3O. The van der Waals surface area contributed by atoms with Crippen molar-refractivity contribution in [3.63, 3.8) is 0 Å². The molecule has 1 saturated heterocycles. The Hall–Kier alpha value is -1.10. The number of benzene rings is 1. The summed E-state index contributed by atoms with van der Waals surface area (Å²) in [7, 11) is 2.13. The molecule has 1 fully saturated rings. The van der Waals surface area contributed by atoms with Gasteiger partial charge in [0.2, 0.25) is 0 Å². The van der Waals surface area contributed by atoms with Crippen LogP contribution in [0.4, 0.5) is 5.69 Å². The van der Waals surface area contributed by atoms with Crippen LogP contribution in [0.15, 0.2) is 24.3 Å². The minimum Gasteiger partial charge on any atom is -0.398 e. The van der Waals surface area contributed by atoms with Crippen molar-refractivity contribution in [2.75, 3.05) is 39.0 Å². The van der Waals surface area contributed by atoms with Crippen molar-refractivity contribution in [3.05, 3.63) is 29.8 Å². The van der Waals surface area contributed by atoms with Gasteiger partial charge in [-0.1, -0.05) is 18.2 Å². The number of nitrogen functional groups attached to an aromatic ring is 1. The van der Waals surface area contributed by atoms with Gasteiger partial charge < -0.3 is 10.5 Å². The zero-order valence-electron chi connectivity index (χ0n) is 12.9. The molecule has 2 N–H and O–H groups in total. The van der Waals surface area contributed by atoms with Crippen molar-refractivity contribution in [1.82, 2.24) is 9.80 Å². The quantitative estimate of drug-likeness (QED) is 0.834. The average molecular weight is 277 g/mol. The van der Waals surface area contributed by atoms with Crippen molar-refractivity contribution in [3.8, 4) is 0 Å². The Bertz CT molecular complexity index is 422. The van der Waals surface area contributed by atoms with E-state index in [0.29, 0.717) is 12.1 Å². The number of nitrogens with zero attached hydrogens (tertiary/aromatic N) is 2. The normalized spacial score (nSPS) is 20.8. The predicted molar refractivity (Wildman–Crippen MR) is 83.6 cm³/mol. The first-order valence-electron chi connectivity index (χ1n) is 7.44. The smallest absolute Gasteiger partial charge is 0.0829 e. The molecule has 112 valence electrons. The van der Waals surface area contributed by atoms with Crippen LogP contribution in [0.25, 0.3) is 0 Å². The molecule has 1 aromatic rings. The van der Waals surface area contributed by atoms with Crippen molar-refractivity contribution >= 4 is 5.69 Å². The summed E-state index contributed by atoms with van der Waals surface area (Å²) < 4.78 is 5.88. The second kappa shape index (κ2) is 7.07. The third-order valence-electron chi connectivity index (χ3n) is 3.91. The SMILES string of the molecule is CC(C)N1CCOC(CN(C)Cc2ccccc2N)C1. The van der Waals surface area contributed by atoms with Crippen LogP contribution in [0.1, 0.15) is 19.4 Å². The van der Waals surface area contributed by atoms with E-state index in [4.69, 9.17) is 10.5 Å². The summed E-state index contributed by atoms with van der Waals surface area (Å²) in [4.78, 5) is 4.78. The Morgan fingerprint density at radius 2 is 2.15 bits per heavy atom. The lowest BCUT2D eigenvalue weighted by molar-refractivity contribution is -0.0502. The summed E-state index contributed by atoms with van der Waals surface area (Å²) in [6, 6.07) is 8.66. The fourth-order valence-corrected chi connectivity index (χ4v) is 2.70. The van der Waals surface area contributed by atoms with Crippen molar-refractivity contribution in [2.24, 2.45) is 0 Å². The van der Waals surface area contributed by atoms with Gasteiger partial charge in [0, 0.05) is 37.9 Å². The molecule has 0 bridgehead atoms. The van der Waals surface area contributed by atoms with Gasteiger partial charge in [-0.05, 0) is 32.5 Å². The fourth-order valence-electron chi connectivity index (χ4n) is 2.70. The van der Waals surface area contributed by atoms with E-state index in [1.165, 1.54) is 5.56 Å². The van der Waals surface area contributed by atoms with Gasteiger partial charge in [0.1, 0.15) is 0 Å². The summed E-state index contributed by atoms with van der Waals surface area (Å²) in [6.45, 7) is 9.21. The molecule has 1 atom stereocenters. The second-order valence-corrected chi connectivity index (χ2v) is 5.98. The molecule has 0 radical (unpaired) electrons. The Labute approximate surface area is 122 Å². The van der Waals surface area contributed by atoms with Gasteiger partial charge in [-0.3, -0.25) is 9.80 Å². The minimum atomic E-state index is 0.293.